The molecule has 0 aliphatic carbocycles. The lowest BCUT2D eigenvalue weighted by Gasteiger charge is -2.36. The first-order chi connectivity index (χ1) is 20.5. The zero-order chi connectivity index (χ0) is 28.6. The maximum absolute atomic E-state index is 14.8. The molecule has 220 valence electrons. The van der Waals surface area contributed by atoms with Gasteiger partial charge in [0.2, 0.25) is 5.95 Å². The van der Waals surface area contributed by atoms with E-state index >= 15 is 0 Å². The van der Waals surface area contributed by atoms with E-state index in [2.05, 4.69) is 25.4 Å². The number of halogens is 2. The lowest BCUT2D eigenvalue weighted by atomic mass is 10.2. The first kappa shape index (κ1) is 26.6. The molecular weight excluding hydrogens is 548 g/mol. The molecule has 6 heterocycles. The minimum absolute atomic E-state index is 0.0286. The first-order valence-electron chi connectivity index (χ1n) is 14.0. The maximum Gasteiger partial charge on any atom is 0.223 e. The van der Waals surface area contributed by atoms with Gasteiger partial charge in [-0.1, -0.05) is 0 Å². The predicted molar refractivity (Wildman–Crippen MR) is 152 cm³/mol. The molecular formula is C28H31F2N9O3. The number of nitrogen functional groups attached to an aromatic ring is 1. The molecule has 2 saturated heterocycles. The fourth-order valence-corrected chi connectivity index (χ4v) is 5.53. The Hall–Kier alpha value is -4.27. The van der Waals surface area contributed by atoms with E-state index in [4.69, 9.17) is 19.6 Å². The topological polar surface area (TPSA) is 124 Å². The van der Waals surface area contributed by atoms with Gasteiger partial charge in [0.1, 0.15) is 18.1 Å². The predicted octanol–water partition coefficient (Wildman–Crippen LogP) is 2.39. The van der Waals surface area contributed by atoms with Gasteiger partial charge in [0, 0.05) is 51.4 Å². The van der Waals surface area contributed by atoms with Crippen LogP contribution in [0.4, 0.5) is 20.4 Å². The van der Waals surface area contributed by atoms with Crippen molar-refractivity contribution >= 4 is 28.2 Å². The summed E-state index contributed by atoms with van der Waals surface area (Å²) in [5.41, 5.74) is 8.74. The molecule has 3 N–H and O–H groups in total. The molecule has 0 bridgehead atoms. The number of nitrogens with zero attached hydrogens (tertiary/aromatic N) is 7. The molecule has 2 aliphatic heterocycles. The molecule has 0 radical (unpaired) electrons. The van der Waals surface area contributed by atoms with E-state index in [-0.39, 0.29) is 24.3 Å². The number of anilines is 2. The highest BCUT2D eigenvalue weighted by Crippen LogP contribution is 2.30. The van der Waals surface area contributed by atoms with Gasteiger partial charge in [-0.3, -0.25) is 4.90 Å². The maximum atomic E-state index is 14.8. The SMILES string of the molecule is Nc1nc2c(cnn2CCN2CCN(c3cc(OCC4COCCN4)c(F)cc3F)CC2)c2cc(-c3ccco3)nn12. The quantitative estimate of drug-likeness (QED) is 0.283. The number of aromatic nitrogens is 5. The second-order valence-corrected chi connectivity index (χ2v) is 10.5. The molecule has 0 saturated carbocycles. The van der Waals surface area contributed by atoms with E-state index in [0.717, 1.165) is 30.1 Å². The summed E-state index contributed by atoms with van der Waals surface area (Å²) in [7, 11) is 0. The van der Waals surface area contributed by atoms with Crippen LogP contribution in [0.5, 0.6) is 5.75 Å². The summed E-state index contributed by atoms with van der Waals surface area (Å²) >= 11 is 0. The average molecular weight is 580 g/mol. The van der Waals surface area contributed by atoms with E-state index in [0.29, 0.717) is 68.7 Å². The number of hydrogen-bond donors (Lipinski definition) is 2. The Kier molecular flexibility index (Phi) is 7.09. The van der Waals surface area contributed by atoms with Crippen LogP contribution in [0.25, 0.3) is 28.0 Å². The monoisotopic (exact) mass is 579 g/mol. The van der Waals surface area contributed by atoms with Crippen molar-refractivity contribution in [3.8, 4) is 17.2 Å². The highest BCUT2D eigenvalue weighted by molar-refractivity contribution is 5.93. The second-order valence-electron chi connectivity index (χ2n) is 10.5. The standard InChI is InChI=1S/C28H31F2N9O3/c29-20-12-21(30)26(42-17-18-16-40-11-3-32-18)14-24(20)37-7-4-36(5-8-37)6-9-38-27-19(15-33-38)23-13-22(25-2-1-10-41-25)35-39(23)28(31)34-27/h1-2,10,12-15,18,32H,3-9,11,16-17H2,(H2,31,34). The zero-order valence-corrected chi connectivity index (χ0v) is 22.9. The molecule has 5 aromatic rings. The van der Waals surface area contributed by atoms with Gasteiger partial charge >= 0.3 is 0 Å². The Morgan fingerprint density at radius 3 is 2.76 bits per heavy atom. The van der Waals surface area contributed by atoms with Crippen LogP contribution >= 0.6 is 0 Å². The number of fused-ring (bicyclic) bond motifs is 3. The first-order valence-corrected chi connectivity index (χ1v) is 14.0. The summed E-state index contributed by atoms with van der Waals surface area (Å²) in [6, 6.07) is 7.90. The van der Waals surface area contributed by atoms with E-state index in [1.807, 2.05) is 27.8 Å². The summed E-state index contributed by atoms with van der Waals surface area (Å²) in [5, 5.41) is 13.2. The Morgan fingerprint density at radius 1 is 1.10 bits per heavy atom. The van der Waals surface area contributed by atoms with Gasteiger partial charge in [-0.05, 0) is 18.2 Å². The fraction of sp³-hybridized carbons (Fsp3) is 0.393. The lowest BCUT2D eigenvalue weighted by Crippen LogP contribution is -2.47. The van der Waals surface area contributed by atoms with Crippen molar-refractivity contribution in [2.75, 3.05) is 69.7 Å². The van der Waals surface area contributed by atoms with Crippen molar-refractivity contribution in [1.82, 2.24) is 34.6 Å². The summed E-state index contributed by atoms with van der Waals surface area (Å²) < 4.78 is 49.3. The van der Waals surface area contributed by atoms with Crippen LogP contribution in [-0.4, -0.2) is 94.4 Å². The highest BCUT2D eigenvalue weighted by atomic mass is 19.1. The Bertz CT molecular complexity index is 1690. The molecule has 14 heteroatoms. The zero-order valence-electron chi connectivity index (χ0n) is 22.9. The lowest BCUT2D eigenvalue weighted by molar-refractivity contribution is 0.0586. The van der Waals surface area contributed by atoms with Gasteiger partial charge < -0.3 is 29.8 Å². The van der Waals surface area contributed by atoms with Gasteiger partial charge in [-0.2, -0.15) is 19.7 Å². The van der Waals surface area contributed by atoms with E-state index in [1.165, 1.54) is 6.07 Å². The van der Waals surface area contributed by atoms with Crippen molar-refractivity contribution in [2.45, 2.75) is 12.6 Å². The summed E-state index contributed by atoms with van der Waals surface area (Å²) in [4.78, 5) is 8.78. The van der Waals surface area contributed by atoms with Crippen molar-refractivity contribution in [2.24, 2.45) is 0 Å². The number of furan rings is 1. The number of nitrogens with one attached hydrogen (secondary N) is 1. The normalized spacial score (nSPS) is 18.3. The number of morpholine rings is 1. The Balaban J connectivity index is 0.993. The molecule has 42 heavy (non-hydrogen) atoms. The van der Waals surface area contributed by atoms with Gasteiger partial charge in [-0.15, -0.1) is 0 Å². The van der Waals surface area contributed by atoms with E-state index < -0.39 is 11.6 Å². The summed E-state index contributed by atoms with van der Waals surface area (Å²) in [6.45, 7) is 6.05. The van der Waals surface area contributed by atoms with Crippen molar-refractivity contribution < 1.29 is 22.7 Å². The number of piperazine rings is 1. The van der Waals surface area contributed by atoms with Crippen LogP contribution in [-0.2, 0) is 11.3 Å². The largest absolute Gasteiger partial charge is 0.489 e. The number of nitrogens with two attached hydrogens (primary N) is 1. The third kappa shape index (κ3) is 5.12. The molecule has 2 fully saturated rings. The van der Waals surface area contributed by atoms with Crippen LogP contribution < -0.4 is 20.7 Å². The Labute approximate surface area is 239 Å². The molecule has 0 spiro atoms. The van der Waals surface area contributed by atoms with Crippen LogP contribution in [0, 0.1) is 11.6 Å². The van der Waals surface area contributed by atoms with Crippen LogP contribution in [0.2, 0.25) is 0 Å². The molecule has 0 amide bonds. The number of rotatable bonds is 8. The number of hydrogen-bond acceptors (Lipinski definition) is 10. The number of ether oxygens (including phenoxy) is 2. The minimum atomic E-state index is -0.710. The molecule has 1 atom stereocenters. The van der Waals surface area contributed by atoms with Crippen molar-refractivity contribution in [1.29, 1.82) is 0 Å². The van der Waals surface area contributed by atoms with E-state index in [1.54, 1.807) is 17.0 Å². The van der Waals surface area contributed by atoms with Gasteiger partial charge in [0.25, 0.3) is 0 Å². The smallest absolute Gasteiger partial charge is 0.223 e. The van der Waals surface area contributed by atoms with Gasteiger partial charge in [0.15, 0.2) is 23.0 Å². The second kappa shape index (κ2) is 11.2. The van der Waals surface area contributed by atoms with E-state index in [9.17, 15) is 8.78 Å². The molecule has 2 aliphatic rings. The van der Waals surface area contributed by atoms with Crippen LogP contribution in [0.1, 0.15) is 0 Å². The average Bonchev–Trinajstić information content (AvgIpc) is 3.77. The summed E-state index contributed by atoms with van der Waals surface area (Å²) in [6.07, 6.45) is 3.38. The Morgan fingerprint density at radius 2 is 1.98 bits per heavy atom. The molecule has 1 unspecified atom stereocenters. The molecule has 7 rings (SSSR count). The van der Waals surface area contributed by atoms with Crippen LogP contribution in [0.15, 0.2) is 47.2 Å². The van der Waals surface area contributed by atoms with Crippen molar-refractivity contribution in [3.63, 3.8) is 0 Å². The third-order valence-corrected chi connectivity index (χ3v) is 7.79. The summed E-state index contributed by atoms with van der Waals surface area (Å²) in [5.74, 6) is -0.354. The highest BCUT2D eigenvalue weighted by Gasteiger charge is 2.23. The van der Waals surface area contributed by atoms with Gasteiger partial charge in [-0.25, -0.2) is 13.5 Å². The van der Waals surface area contributed by atoms with Crippen LogP contribution in [0.3, 0.4) is 0 Å². The number of benzene rings is 1. The molecule has 1 aromatic carbocycles. The molecule has 12 nitrogen and oxygen atoms in total. The molecule has 4 aromatic heterocycles. The minimum Gasteiger partial charge on any atom is -0.489 e. The fourth-order valence-electron chi connectivity index (χ4n) is 5.53. The van der Waals surface area contributed by atoms with Gasteiger partial charge in [0.05, 0.1) is 54.9 Å². The van der Waals surface area contributed by atoms with Crippen molar-refractivity contribution in [3.05, 3.63) is 54.4 Å². The third-order valence-electron chi connectivity index (χ3n) is 7.79.